The maximum Gasteiger partial charge on any atom is 0.501 e. The van der Waals surface area contributed by atoms with Gasteiger partial charge in [-0.25, -0.2) is 26.5 Å². The van der Waals surface area contributed by atoms with Crippen LogP contribution in [0.2, 0.25) is 0 Å². The maximum absolute atomic E-state index is 14.6. The molecule has 25 heteroatoms. The van der Waals surface area contributed by atoms with E-state index in [0.29, 0.717) is 54.7 Å². The number of unbranched alkanes of at least 4 members (excludes halogenated alkanes) is 3. The summed E-state index contributed by atoms with van der Waals surface area (Å²) in [6, 6.07) is 23.2. The van der Waals surface area contributed by atoms with Gasteiger partial charge in [0.25, 0.3) is 25.8 Å². The van der Waals surface area contributed by atoms with Gasteiger partial charge in [0.05, 0.1) is 38.8 Å². The van der Waals surface area contributed by atoms with Gasteiger partial charge in [0.15, 0.2) is 0 Å². The van der Waals surface area contributed by atoms with Gasteiger partial charge in [-0.15, -0.1) is 23.1 Å². The number of β-amino-alcohol motifs (C(OH)–C–C–N with tert-alkyl or cyclic N) is 1. The maximum atomic E-state index is 14.6. The smallest absolute Gasteiger partial charge is 0.391 e. The molecule has 0 radical (unpaired) electrons. The van der Waals surface area contributed by atoms with E-state index < -0.39 is 94.3 Å². The Bertz CT molecular complexity index is 4000. The van der Waals surface area contributed by atoms with Crippen LogP contribution >= 0.6 is 23.1 Å². The van der Waals surface area contributed by atoms with Crippen LogP contribution in [0.4, 0.5) is 24.5 Å². The second-order valence-electron chi connectivity index (χ2n) is 31.3. The van der Waals surface area contributed by atoms with Crippen molar-refractivity contribution in [1.82, 2.24) is 35.0 Å². The molecule has 3 saturated carbocycles. The molecule has 4 aromatic carbocycles. The number of hydrogen-bond acceptors (Lipinski definition) is 16. The summed E-state index contributed by atoms with van der Waals surface area (Å²) in [4.78, 5) is 67.9. The van der Waals surface area contributed by atoms with Gasteiger partial charge in [0.1, 0.15) is 17.0 Å². The van der Waals surface area contributed by atoms with E-state index in [-0.39, 0.29) is 42.7 Å². The van der Waals surface area contributed by atoms with Crippen molar-refractivity contribution in [3.63, 3.8) is 0 Å². The molecule has 6 aliphatic rings. The summed E-state index contributed by atoms with van der Waals surface area (Å²) in [7, 11) is -11.1. The molecule has 1 aromatic heterocycles. The van der Waals surface area contributed by atoms with Gasteiger partial charge in [0, 0.05) is 92.6 Å². The minimum atomic E-state index is -6.17. The number of hydrogen-bond donors (Lipinski definition) is 5. The van der Waals surface area contributed by atoms with Crippen LogP contribution in [0.15, 0.2) is 128 Å². The highest BCUT2D eigenvalue weighted by atomic mass is 32.2. The van der Waals surface area contributed by atoms with Gasteiger partial charge in [-0.1, -0.05) is 108 Å². The summed E-state index contributed by atoms with van der Waals surface area (Å²) in [5, 5.41) is 19.8. The first-order valence-corrected chi connectivity index (χ1v) is 40.4. The normalized spacial score (nSPS) is 21.9. The zero-order chi connectivity index (χ0) is 73.0. The Morgan fingerprint density at radius 1 is 0.832 bits per heavy atom. The predicted octanol–water partition coefficient (Wildman–Crippen LogP) is 13.3. The lowest BCUT2D eigenvalue weighted by atomic mass is 9.33. The van der Waals surface area contributed by atoms with Crippen molar-refractivity contribution < 1.29 is 54.3 Å². The third-order valence-electron chi connectivity index (χ3n) is 21.2. The minimum absolute atomic E-state index is 0.0118. The van der Waals surface area contributed by atoms with Gasteiger partial charge in [0.2, 0.25) is 17.7 Å². The summed E-state index contributed by atoms with van der Waals surface area (Å²) in [5.74, 6) is -1.92. The molecule has 3 heterocycles. The number of likely N-dealkylation sites (tertiary alicyclic amines) is 1. The fourth-order valence-corrected chi connectivity index (χ4v) is 19.4. The zero-order valence-electron chi connectivity index (χ0n) is 60.1. The molecule has 5 N–H and O–H groups in total. The number of carbonyl (C=O) groups excluding carboxylic acids is 4. The van der Waals surface area contributed by atoms with Crippen molar-refractivity contribution in [1.29, 1.82) is 0 Å². The number of aryl methyl sites for hydroxylation is 1. The fraction of sp³-hybridized carbons (Fsp3) is 0.566. The molecule has 4 amide bonds. The summed E-state index contributed by atoms with van der Waals surface area (Å²) in [5.41, 5.74) is 3.12. The highest BCUT2D eigenvalue weighted by molar-refractivity contribution is 7.99. The van der Waals surface area contributed by atoms with Crippen LogP contribution in [-0.4, -0.2) is 159 Å². The SMILES string of the molecule is Cc1ncsc1-c1ccc([C@H](C)NC(=O)[C@@H]2C[C@@H](O)CN2C(=O)[C@@H](NC(=O)CCCCCCN(CC[C@H](CSc2ccccc2)Nc2ccc(S(=O)(=O)NC(=O)c3ccc(N4CCN(CC5=C(C67CC(C)(C6)C7)CC(C)(C)CC5)CC4)cc3)cc2S(=O)(=O)C(F)(F)F)C(C)C)C(C)(C)C)cc1. The Kier molecular flexibility index (Phi) is 24.1. The molecule has 11 rings (SSSR count). The third-order valence-corrected chi connectivity index (χ3v) is 26.2. The van der Waals surface area contributed by atoms with Gasteiger partial charge >= 0.3 is 5.51 Å². The van der Waals surface area contributed by atoms with E-state index in [2.05, 4.69) is 56.4 Å². The van der Waals surface area contributed by atoms with E-state index in [9.17, 15) is 54.3 Å². The Morgan fingerprint density at radius 2 is 1.50 bits per heavy atom. The highest BCUT2D eigenvalue weighted by Gasteiger charge is 2.67. The molecule has 550 valence electrons. The van der Waals surface area contributed by atoms with Crippen molar-refractivity contribution >= 4 is 78.0 Å². The number of alkyl halides is 3. The van der Waals surface area contributed by atoms with Gasteiger partial charge in [-0.05, 0) is 179 Å². The van der Waals surface area contributed by atoms with Gasteiger partial charge in [-0.2, -0.15) is 13.2 Å². The molecule has 4 aliphatic carbocycles. The lowest BCUT2D eigenvalue weighted by Gasteiger charge is -2.72. The van der Waals surface area contributed by atoms with E-state index in [1.165, 1.54) is 60.9 Å². The van der Waals surface area contributed by atoms with Crippen LogP contribution in [-0.2, 0) is 34.2 Å². The number of aliphatic hydroxyl groups is 1. The molecular formula is C76H102F3N9O9S4. The number of piperazine rings is 1. The molecule has 2 bridgehead atoms. The number of aromatic nitrogens is 1. The molecular weight excluding hydrogens is 1370 g/mol. The lowest BCUT2D eigenvalue weighted by molar-refractivity contribution is -0.167. The van der Waals surface area contributed by atoms with Crippen LogP contribution in [0.1, 0.15) is 173 Å². The Hall–Kier alpha value is -6.35. The number of benzene rings is 4. The number of rotatable bonds is 30. The molecule has 5 fully saturated rings. The summed E-state index contributed by atoms with van der Waals surface area (Å²) >= 11 is 2.97. The van der Waals surface area contributed by atoms with E-state index >= 15 is 0 Å². The van der Waals surface area contributed by atoms with Crippen molar-refractivity contribution in [2.45, 2.75) is 209 Å². The van der Waals surface area contributed by atoms with Crippen molar-refractivity contribution in [3.05, 3.63) is 131 Å². The minimum Gasteiger partial charge on any atom is -0.391 e. The molecule has 101 heavy (non-hydrogen) atoms. The molecule has 5 aromatic rings. The van der Waals surface area contributed by atoms with Crippen molar-refractivity contribution in [2.75, 3.05) is 68.3 Å². The van der Waals surface area contributed by atoms with E-state index in [1.807, 2.05) is 108 Å². The molecule has 5 atom stereocenters. The summed E-state index contributed by atoms with van der Waals surface area (Å²) in [6.07, 6.45) is 9.80. The monoisotopic (exact) mass is 1470 g/mol. The molecule has 2 saturated heterocycles. The molecule has 0 unspecified atom stereocenters. The number of allylic oxidation sites excluding steroid dienone is 1. The number of nitrogens with zero attached hydrogens (tertiary/aromatic N) is 5. The summed E-state index contributed by atoms with van der Waals surface area (Å²) in [6.45, 7) is 25.9. The number of sulfonamides is 1. The Morgan fingerprint density at radius 3 is 2.13 bits per heavy atom. The van der Waals surface area contributed by atoms with Crippen LogP contribution in [0.3, 0.4) is 0 Å². The van der Waals surface area contributed by atoms with Crippen LogP contribution in [0.25, 0.3) is 10.4 Å². The quantitative estimate of drug-likeness (QED) is 0.0164. The first-order valence-electron chi connectivity index (χ1n) is 35.6. The van der Waals surface area contributed by atoms with Gasteiger partial charge in [-0.3, -0.25) is 24.1 Å². The number of amides is 4. The van der Waals surface area contributed by atoms with E-state index in [0.717, 1.165) is 96.4 Å². The second kappa shape index (κ2) is 31.5. The molecule has 0 spiro atoms. The third kappa shape index (κ3) is 18.8. The number of anilines is 2. The fourth-order valence-electron chi connectivity index (χ4n) is 15.6. The van der Waals surface area contributed by atoms with Gasteiger partial charge < -0.3 is 35.8 Å². The van der Waals surface area contributed by atoms with E-state index in [1.54, 1.807) is 40.1 Å². The number of carbonyl (C=O) groups is 4. The largest absolute Gasteiger partial charge is 0.501 e. The number of thioether (sulfide) groups is 1. The summed E-state index contributed by atoms with van der Waals surface area (Å²) < 4.78 is 101. The zero-order valence-corrected chi connectivity index (χ0v) is 63.3. The highest BCUT2D eigenvalue weighted by Crippen LogP contribution is 2.77. The average molecular weight is 1470 g/mol. The van der Waals surface area contributed by atoms with E-state index in [4.69, 9.17) is 0 Å². The standard InChI is InChI=1S/C76H102F3N9O9S4/c1-50(2)86(34-17-12-11-16-20-66(90)83-68(72(5,6)7)71(93)88-44-59(89)40-64(88)70(92)81-51(3)53-21-23-54(24-22-53)67-52(4)80-49-99-67)35-32-57(45-98-60-18-14-13-15-19-60)82-63-30-29-61(41-65(63)100(94,95)76(77,78)79)101(96,97)84-69(91)55-25-27-58(28-26-55)87-38-36-85(37-39-87)43-56-31-33-73(8,9)42-62(56)75-46-74(10,47-75)48-75/h13-15,18-19,21-30,41,49-51,57,59,64,68,82,89H,11-12,16-17,20,31-40,42-48H2,1-10H3,(H,81,92)(H,83,90)(H,84,91)/t51-,57+,59+,64-,68+,74?,75?/m0/s1. The lowest BCUT2D eigenvalue weighted by Crippen LogP contribution is -2.61. The molecule has 2 aliphatic heterocycles. The van der Waals surface area contributed by atoms with Crippen LogP contribution in [0, 0.1) is 28.6 Å². The predicted molar refractivity (Wildman–Crippen MR) is 394 cm³/mol. The second-order valence-corrected chi connectivity index (χ2v) is 36.9. The first kappa shape index (κ1) is 77.3. The Balaban J connectivity index is 0.717. The number of aliphatic hydroxyl groups excluding tert-OH is 1. The number of sulfone groups is 1. The number of halogens is 3. The average Bonchev–Trinajstić information content (AvgIpc) is 1.09. The van der Waals surface area contributed by atoms with Crippen molar-refractivity contribution in [3.8, 4) is 10.4 Å². The number of nitrogens with one attached hydrogen (secondary N) is 4. The first-order chi connectivity index (χ1) is 47.5. The van der Waals surface area contributed by atoms with Crippen LogP contribution in [0.5, 0.6) is 0 Å². The number of thiazole rings is 1. The molecule has 18 nitrogen and oxygen atoms in total. The van der Waals surface area contributed by atoms with Crippen LogP contribution < -0.4 is 25.6 Å². The van der Waals surface area contributed by atoms with Crippen molar-refractivity contribution in [2.24, 2.45) is 21.7 Å². The topological polar surface area (TPSA) is 231 Å². The Labute approximate surface area is 603 Å².